The van der Waals surface area contributed by atoms with Gasteiger partial charge in [-0.2, -0.15) is 0 Å². The minimum absolute atomic E-state index is 0.0943. The van der Waals surface area contributed by atoms with E-state index in [4.69, 9.17) is 4.74 Å². The Morgan fingerprint density at radius 3 is 2.62 bits per heavy atom. The second kappa shape index (κ2) is 9.59. The van der Waals surface area contributed by atoms with Crippen LogP contribution in [0, 0.1) is 0 Å². The number of methoxy groups -OCH3 is 1. The molecule has 0 N–H and O–H groups in total. The fourth-order valence-electron chi connectivity index (χ4n) is 3.04. The summed E-state index contributed by atoms with van der Waals surface area (Å²) in [7, 11) is 0.186. The van der Waals surface area contributed by atoms with E-state index in [-0.39, 0.29) is 5.97 Å². The summed E-state index contributed by atoms with van der Waals surface area (Å²) in [5.74, 6) is -0.0943. The smallest absolute Gasteiger partial charge is 0.306 e. The van der Waals surface area contributed by atoms with Crippen LogP contribution < -0.4 is 0 Å². The first-order valence-corrected chi connectivity index (χ1v) is 11.7. The van der Waals surface area contributed by atoms with Gasteiger partial charge in [0, 0.05) is 19.8 Å². The van der Waals surface area contributed by atoms with Crippen molar-refractivity contribution in [1.29, 1.82) is 0 Å². The molecule has 1 heterocycles. The van der Waals surface area contributed by atoms with E-state index in [2.05, 4.69) is 29.5 Å². The zero-order chi connectivity index (χ0) is 15.7. The van der Waals surface area contributed by atoms with Crippen LogP contribution >= 0.6 is 0 Å². The minimum atomic E-state index is -1.28. The molecule has 0 atom stereocenters. The molecule has 1 saturated heterocycles. The maximum absolute atomic E-state index is 11.3. The molecule has 0 radical (unpaired) electrons. The predicted octanol–water partition coefficient (Wildman–Crippen LogP) is 3.30. The molecule has 4 nitrogen and oxygen atoms in total. The van der Waals surface area contributed by atoms with E-state index >= 15 is 0 Å². The third kappa shape index (κ3) is 6.93. The topological polar surface area (TPSA) is 32.8 Å². The van der Waals surface area contributed by atoms with Gasteiger partial charge < -0.3 is 9.30 Å². The first kappa shape index (κ1) is 18.7. The maximum atomic E-state index is 11.3. The number of nitrogens with zero attached hydrogens (tertiary/aromatic N) is 2. The van der Waals surface area contributed by atoms with Gasteiger partial charge in [-0.15, -0.1) is 0 Å². The first-order chi connectivity index (χ1) is 9.99. The van der Waals surface area contributed by atoms with Crippen LogP contribution in [-0.4, -0.2) is 57.1 Å². The van der Waals surface area contributed by atoms with Gasteiger partial charge in [0.05, 0.1) is 13.5 Å². The van der Waals surface area contributed by atoms with Gasteiger partial charge in [-0.3, -0.25) is 9.69 Å². The van der Waals surface area contributed by atoms with Crippen molar-refractivity contribution in [3.05, 3.63) is 0 Å². The monoisotopic (exact) mass is 314 g/mol. The van der Waals surface area contributed by atoms with Crippen LogP contribution in [0.5, 0.6) is 0 Å². The second-order valence-electron chi connectivity index (χ2n) is 6.83. The van der Waals surface area contributed by atoms with Crippen molar-refractivity contribution in [3.8, 4) is 0 Å². The molecule has 1 aliphatic rings. The van der Waals surface area contributed by atoms with Crippen molar-refractivity contribution in [2.75, 3.05) is 33.4 Å². The van der Waals surface area contributed by atoms with Crippen LogP contribution in [0.1, 0.15) is 45.4 Å². The van der Waals surface area contributed by atoms with Crippen LogP contribution in [0.3, 0.4) is 0 Å². The zero-order valence-corrected chi connectivity index (χ0v) is 15.5. The van der Waals surface area contributed by atoms with E-state index in [0.717, 1.165) is 19.8 Å². The van der Waals surface area contributed by atoms with Gasteiger partial charge in [0.15, 0.2) is 0 Å². The quantitative estimate of drug-likeness (QED) is 0.371. The van der Waals surface area contributed by atoms with E-state index in [1.165, 1.54) is 51.8 Å². The summed E-state index contributed by atoms with van der Waals surface area (Å²) in [5, 5.41) is 0. The summed E-state index contributed by atoms with van der Waals surface area (Å²) < 4.78 is 7.46. The van der Waals surface area contributed by atoms with Crippen molar-refractivity contribution in [2.24, 2.45) is 0 Å². The average Bonchev–Trinajstić information content (AvgIpc) is 2.49. The summed E-state index contributed by atoms with van der Waals surface area (Å²) in [6.45, 7) is 11.5. The molecular weight excluding hydrogens is 280 g/mol. The van der Waals surface area contributed by atoms with Crippen molar-refractivity contribution in [2.45, 2.75) is 64.6 Å². The highest BCUT2D eigenvalue weighted by molar-refractivity contribution is 6.74. The molecule has 0 amide bonds. The SMILES string of the molecule is CCCCCC[Si](C)(C)N1CCCN(CCC(=O)OC)C1. The van der Waals surface area contributed by atoms with Crippen molar-refractivity contribution in [1.82, 2.24) is 9.47 Å². The van der Waals surface area contributed by atoms with E-state index in [1.54, 1.807) is 0 Å². The molecule has 124 valence electrons. The van der Waals surface area contributed by atoms with Crippen molar-refractivity contribution >= 4 is 14.2 Å². The Hall–Kier alpha value is -0.393. The van der Waals surface area contributed by atoms with E-state index in [1.807, 2.05) is 0 Å². The molecule has 0 aromatic carbocycles. The summed E-state index contributed by atoms with van der Waals surface area (Å²) in [6, 6.07) is 1.40. The van der Waals surface area contributed by atoms with Crippen LogP contribution in [0.25, 0.3) is 0 Å². The Labute approximate surface area is 131 Å². The van der Waals surface area contributed by atoms with Crippen LogP contribution in [0.4, 0.5) is 0 Å². The van der Waals surface area contributed by atoms with Crippen LogP contribution in [0.2, 0.25) is 19.1 Å². The fraction of sp³-hybridized carbons (Fsp3) is 0.938. The molecule has 0 unspecified atom stereocenters. The molecule has 0 aromatic heterocycles. The van der Waals surface area contributed by atoms with E-state index in [0.29, 0.717) is 6.42 Å². The molecule has 0 spiro atoms. The molecule has 0 saturated carbocycles. The van der Waals surface area contributed by atoms with Gasteiger partial charge in [-0.25, -0.2) is 0 Å². The van der Waals surface area contributed by atoms with Crippen molar-refractivity contribution in [3.63, 3.8) is 0 Å². The van der Waals surface area contributed by atoms with Gasteiger partial charge in [-0.05, 0) is 19.0 Å². The molecule has 0 aromatic rings. The number of carbonyl (C=O) groups is 1. The Kier molecular flexibility index (Phi) is 8.52. The lowest BCUT2D eigenvalue weighted by molar-refractivity contribution is -0.141. The van der Waals surface area contributed by atoms with E-state index < -0.39 is 8.24 Å². The highest BCUT2D eigenvalue weighted by Gasteiger charge is 2.32. The lowest BCUT2D eigenvalue weighted by Crippen LogP contribution is -2.57. The third-order valence-corrected chi connectivity index (χ3v) is 8.29. The largest absolute Gasteiger partial charge is 0.469 e. The minimum Gasteiger partial charge on any atom is -0.469 e. The number of rotatable bonds is 9. The molecule has 21 heavy (non-hydrogen) atoms. The molecule has 1 aliphatic heterocycles. The number of unbranched alkanes of at least 4 members (excludes halogenated alkanes) is 3. The highest BCUT2D eigenvalue weighted by atomic mass is 28.3. The number of ether oxygens (including phenoxy) is 1. The van der Waals surface area contributed by atoms with Gasteiger partial charge in [0.2, 0.25) is 0 Å². The summed E-state index contributed by atoms with van der Waals surface area (Å²) in [6.07, 6.45) is 7.19. The molecular formula is C16H34N2O2Si. The molecule has 1 fully saturated rings. The molecule has 5 heteroatoms. The fourth-order valence-corrected chi connectivity index (χ4v) is 5.82. The summed E-state index contributed by atoms with van der Waals surface area (Å²) in [5.41, 5.74) is 0. The zero-order valence-electron chi connectivity index (χ0n) is 14.5. The standard InChI is InChI=1S/C16H34N2O2Si/c1-5-6-7-8-14-21(3,4)18-12-9-11-17(15-18)13-10-16(19)20-2/h5-15H2,1-4H3. The molecule has 0 aliphatic carbocycles. The lowest BCUT2D eigenvalue weighted by atomic mass is 10.2. The first-order valence-electron chi connectivity index (χ1n) is 8.54. The molecule has 0 bridgehead atoms. The Balaban J connectivity index is 2.37. The second-order valence-corrected chi connectivity index (χ2v) is 11.6. The normalized spacial score (nSPS) is 17.9. The Morgan fingerprint density at radius 2 is 1.95 bits per heavy atom. The lowest BCUT2D eigenvalue weighted by Gasteiger charge is -2.44. The Morgan fingerprint density at radius 1 is 1.19 bits per heavy atom. The van der Waals surface area contributed by atoms with Gasteiger partial charge in [0.1, 0.15) is 8.24 Å². The van der Waals surface area contributed by atoms with Gasteiger partial charge >= 0.3 is 5.97 Å². The number of hydrogen-bond donors (Lipinski definition) is 0. The number of carbonyl (C=O) groups excluding carboxylic acids is 1. The van der Waals surface area contributed by atoms with Gasteiger partial charge in [-0.1, -0.05) is 45.7 Å². The van der Waals surface area contributed by atoms with Gasteiger partial charge in [0.25, 0.3) is 0 Å². The summed E-state index contributed by atoms with van der Waals surface area (Å²) in [4.78, 5) is 13.7. The molecule has 1 rings (SSSR count). The summed E-state index contributed by atoms with van der Waals surface area (Å²) >= 11 is 0. The number of esters is 1. The Bertz CT molecular complexity index is 311. The maximum Gasteiger partial charge on any atom is 0.306 e. The van der Waals surface area contributed by atoms with Crippen LogP contribution in [-0.2, 0) is 9.53 Å². The average molecular weight is 315 g/mol. The van der Waals surface area contributed by atoms with E-state index in [9.17, 15) is 4.79 Å². The number of hydrogen-bond acceptors (Lipinski definition) is 4. The third-order valence-electron chi connectivity index (χ3n) is 4.63. The predicted molar refractivity (Wildman–Crippen MR) is 90.8 cm³/mol. The van der Waals surface area contributed by atoms with Crippen molar-refractivity contribution < 1.29 is 9.53 Å². The highest BCUT2D eigenvalue weighted by Crippen LogP contribution is 2.22. The van der Waals surface area contributed by atoms with Crippen LogP contribution in [0.15, 0.2) is 0 Å².